The molecule has 0 fully saturated rings. The van der Waals surface area contributed by atoms with Crippen molar-refractivity contribution in [3.05, 3.63) is 94.5 Å². The summed E-state index contributed by atoms with van der Waals surface area (Å²) in [5.74, 6) is 0. The molecule has 0 saturated heterocycles. The van der Waals surface area contributed by atoms with Gasteiger partial charge in [-0.3, -0.25) is 4.98 Å². The summed E-state index contributed by atoms with van der Waals surface area (Å²) in [5.41, 5.74) is 4.48. The van der Waals surface area contributed by atoms with Crippen LogP contribution in [0.3, 0.4) is 0 Å². The molecule has 0 radical (unpaired) electrons. The van der Waals surface area contributed by atoms with E-state index < -0.39 is 10.0 Å². The normalized spacial score (nSPS) is 15.7. The molecule has 1 aliphatic rings. The van der Waals surface area contributed by atoms with Gasteiger partial charge in [-0.2, -0.15) is 20.9 Å². The van der Waals surface area contributed by atoms with Crippen LogP contribution in [0.5, 0.6) is 0 Å². The second kappa shape index (κ2) is 9.62. The Kier molecular flexibility index (Phi) is 6.38. The van der Waals surface area contributed by atoms with Crippen molar-refractivity contribution in [1.82, 2.24) is 18.8 Å². The number of imidazole rings is 1. The van der Waals surface area contributed by atoms with Crippen LogP contribution in [-0.4, -0.2) is 39.8 Å². The summed E-state index contributed by atoms with van der Waals surface area (Å²) < 4.78 is 31.3. The standard InChI is InChI=1S/C25H24N6O2S2/c1-29-18-28-12-23(29)16-30-15-22(10-21-9-19(11-26)4-5-25(21)30)31(14-20-6-8-34-17-20)35(32,33)24-3-2-7-27-13-24/h2-9,12-13,17-18,22H,10,14-16H2,1H3. The Labute approximate surface area is 208 Å². The first-order valence-electron chi connectivity index (χ1n) is 11.1. The molecule has 1 atom stereocenters. The number of aryl methyl sites for hydroxylation is 1. The molecule has 4 heterocycles. The van der Waals surface area contributed by atoms with Crippen LogP contribution in [0.4, 0.5) is 5.69 Å². The minimum absolute atomic E-state index is 0.171. The molecule has 0 N–H and O–H groups in total. The molecule has 10 heteroatoms. The first kappa shape index (κ1) is 23.2. The number of fused-ring (bicyclic) bond motifs is 1. The minimum Gasteiger partial charge on any atom is -0.364 e. The van der Waals surface area contributed by atoms with Gasteiger partial charge in [0, 0.05) is 50.5 Å². The van der Waals surface area contributed by atoms with Crippen LogP contribution >= 0.6 is 11.3 Å². The monoisotopic (exact) mass is 504 g/mol. The largest absolute Gasteiger partial charge is 0.364 e. The second-order valence-electron chi connectivity index (χ2n) is 8.56. The van der Waals surface area contributed by atoms with Crippen molar-refractivity contribution in [1.29, 1.82) is 5.26 Å². The highest BCUT2D eigenvalue weighted by Gasteiger charge is 2.36. The number of aromatic nitrogens is 3. The lowest BCUT2D eigenvalue weighted by Crippen LogP contribution is -2.50. The Morgan fingerprint density at radius 3 is 2.80 bits per heavy atom. The minimum atomic E-state index is -3.82. The summed E-state index contributed by atoms with van der Waals surface area (Å²) in [4.78, 5) is 10.6. The van der Waals surface area contributed by atoms with Crippen molar-refractivity contribution >= 4 is 27.0 Å². The van der Waals surface area contributed by atoms with Crippen molar-refractivity contribution in [2.24, 2.45) is 7.05 Å². The number of rotatable bonds is 7. The van der Waals surface area contributed by atoms with Crippen LogP contribution in [0.2, 0.25) is 0 Å². The Morgan fingerprint density at radius 1 is 1.23 bits per heavy atom. The van der Waals surface area contributed by atoms with E-state index in [1.165, 1.54) is 6.20 Å². The zero-order valence-electron chi connectivity index (χ0n) is 19.2. The van der Waals surface area contributed by atoms with Crippen molar-refractivity contribution in [3.8, 4) is 6.07 Å². The van der Waals surface area contributed by atoms with Crippen LogP contribution in [0.1, 0.15) is 22.4 Å². The van der Waals surface area contributed by atoms with Gasteiger partial charge in [0.05, 0.1) is 30.2 Å². The first-order valence-corrected chi connectivity index (χ1v) is 13.5. The van der Waals surface area contributed by atoms with Crippen LogP contribution in [-0.2, 0) is 36.6 Å². The van der Waals surface area contributed by atoms with Crippen molar-refractivity contribution < 1.29 is 8.42 Å². The molecule has 0 saturated carbocycles. The third kappa shape index (κ3) is 4.71. The number of nitrogens with zero attached hydrogens (tertiary/aromatic N) is 6. The summed E-state index contributed by atoms with van der Waals surface area (Å²) in [6, 6.07) is 12.7. The van der Waals surface area contributed by atoms with Gasteiger partial charge in [0.1, 0.15) is 4.90 Å². The Balaban J connectivity index is 1.57. The molecular weight excluding hydrogens is 480 g/mol. The average Bonchev–Trinajstić information content (AvgIpc) is 3.54. The fourth-order valence-electron chi connectivity index (χ4n) is 4.48. The molecule has 0 bridgehead atoms. The van der Waals surface area contributed by atoms with Crippen LogP contribution < -0.4 is 4.90 Å². The Morgan fingerprint density at radius 2 is 2.11 bits per heavy atom. The predicted octanol–water partition coefficient (Wildman–Crippen LogP) is 3.57. The van der Waals surface area contributed by atoms with Gasteiger partial charge in [-0.05, 0) is 64.7 Å². The molecular formula is C25H24N6O2S2. The number of hydrogen-bond donors (Lipinski definition) is 0. The topological polar surface area (TPSA) is 95.1 Å². The van der Waals surface area contributed by atoms with E-state index in [4.69, 9.17) is 0 Å². The second-order valence-corrected chi connectivity index (χ2v) is 11.2. The van der Waals surface area contributed by atoms with Gasteiger partial charge in [-0.1, -0.05) is 0 Å². The lowest BCUT2D eigenvalue weighted by Gasteiger charge is -2.40. The van der Waals surface area contributed by atoms with E-state index in [-0.39, 0.29) is 17.5 Å². The Bertz CT molecular complexity index is 1460. The molecule has 1 aliphatic heterocycles. The highest BCUT2D eigenvalue weighted by Crippen LogP contribution is 2.34. The average molecular weight is 505 g/mol. The maximum atomic E-state index is 13.9. The van der Waals surface area contributed by atoms with Crippen molar-refractivity contribution in [2.75, 3.05) is 11.4 Å². The van der Waals surface area contributed by atoms with Crippen molar-refractivity contribution in [2.45, 2.75) is 30.4 Å². The highest BCUT2D eigenvalue weighted by molar-refractivity contribution is 7.89. The molecule has 0 amide bonds. The maximum Gasteiger partial charge on any atom is 0.245 e. The number of anilines is 1. The SMILES string of the molecule is Cn1cncc1CN1CC(N(Cc2ccsc2)S(=O)(=O)c2cccnc2)Cc2cc(C#N)ccc21. The van der Waals surface area contributed by atoms with Gasteiger partial charge < -0.3 is 9.47 Å². The third-order valence-electron chi connectivity index (χ3n) is 6.27. The summed E-state index contributed by atoms with van der Waals surface area (Å²) in [7, 11) is -1.88. The summed E-state index contributed by atoms with van der Waals surface area (Å²) in [5, 5.41) is 13.4. The third-order valence-corrected chi connectivity index (χ3v) is 8.89. The molecule has 1 unspecified atom stereocenters. The van der Waals surface area contributed by atoms with Gasteiger partial charge >= 0.3 is 0 Å². The lowest BCUT2D eigenvalue weighted by atomic mass is 9.95. The molecule has 35 heavy (non-hydrogen) atoms. The van der Waals surface area contributed by atoms with Crippen molar-refractivity contribution in [3.63, 3.8) is 0 Å². The lowest BCUT2D eigenvalue weighted by molar-refractivity contribution is 0.302. The van der Waals surface area contributed by atoms with Crippen LogP contribution in [0.25, 0.3) is 0 Å². The van der Waals surface area contributed by atoms with Crippen LogP contribution in [0.15, 0.2) is 77.0 Å². The predicted molar refractivity (Wildman–Crippen MR) is 134 cm³/mol. The summed E-state index contributed by atoms with van der Waals surface area (Å²) in [6.45, 7) is 1.34. The number of pyridine rings is 1. The quantitative estimate of drug-likeness (QED) is 0.382. The number of nitriles is 1. The first-order chi connectivity index (χ1) is 17.0. The molecule has 4 aromatic rings. The smallest absolute Gasteiger partial charge is 0.245 e. The molecule has 0 aliphatic carbocycles. The maximum absolute atomic E-state index is 13.9. The zero-order valence-corrected chi connectivity index (χ0v) is 20.8. The van der Waals surface area contributed by atoms with Gasteiger partial charge in [-0.25, -0.2) is 13.4 Å². The van der Waals surface area contributed by atoms with Gasteiger partial charge in [0.15, 0.2) is 0 Å². The summed E-state index contributed by atoms with van der Waals surface area (Å²) >= 11 is 1.54. The van der Waals surface area contributed by atoms with E-state index >= 15 is 0 Å². The number of thiophene rings is 1. The van der Waals surface area contributed by atoms with E-state index in [0.717, 1.165) is 22.5 Å². The van der Waals surface area contributed by atoms with Crippen LogP contribution in [0, 0.1) is 11.3 Å². The Hall–Kier alpha value is -3.52. The van der Waals surface area contributed by atoms with Gasteiger partial charge in [0.2, 0.25) is 10.0 Å². The summed E-state index contributed by atoms with van der Waals surface area (Å²) in [6.07, 6.45) is 7.05. The number of hydrogen-bond acceptors (Lipinski definition) is 7. The van der Waals surface area contributed by atoms with E-state index in [1.54, 1.807) is 40.3 Å². The fraction of sp³-hybridized carbons (Fsp3) is 0.240. The molecule has 5 rings (SSSR count). The number of sulfonamides is 1. The molecule has 8 nitrogen and oxygen atoms in total. The zero-order chi connectivity index (χ0) is 24.4. The fourth-order valence-corrected chi connectivity index (χ4v) is 6.71. The highest BCUT2D eigenvalue weighted by atomic mass is 32.2. The molecule has 1 aromatic carbocycles. The molecule has 0 spiro atoms. The van der Waals surface area contributed by atoms with Gasteiger partial charge in [-0.15, -0.1) is 0 Å². The molecule has 3 aromatic heterocycles. The number of benzene rings is 1. The molecule has 178 valence electrons. The van der Waals surface area contributed by atoms with E-state index in [9.17, 15) is 13.7 Å². The van der Waals surface area contributed by atoms with E-state index in [0.29, 0.717) is 25.1 Å². The van der Waals surface area contributed by atoms with Gasteiger partial charge in [0.25, 0.3) is 0 Å². The van der Waals surface area contributed by atoms with E-state index in [2.05, 4.69) is 20.9 Å². The van der Waals surface area contributed by atoms with E-state index in [1.807, 2.05) is 52.8 Å².